The van der Waals surface area contributed by atoms with Gasteiger partial charge in [0.2, 0.25) is 0 Å². The normalized spacial score (nSPS) is 57.9. The van der Waals surface area contributed by atoms with Crippen LogP contribution in [-0.2, 0) is 4.79 Å². The Bertz CT molecular complexity index is 486. The first-order chi connectivity index (χ1) is 10.4. The summed E-state index contributed by atoms with van der Waals surface area (Å²) >= 11 is 0. The van der Waals surface area contributed by atoms with E-state index in [9.17, 15) is 9.90 Å². The molecular formula is C20H32O2. The average molecular weight is 304 g/mol. The molecule has 0 aliphatic heterocycles. The predicted molar refractivity (Wildman–Crippen MR) is 87.3 cm³/mol. The quantitative estimate of drug-likeness (QED) is 0.728. The summed E-state index contributed by atoms with van der Waals surface area (Å²) in [6.07, 6.45) is 9.56. The number of hydrogen-bond donors (Lipinski definition) is 1. The highest BCUT2D eigenvalue weighted by atomic mass is 16.3. The molecule has 4 saturated carbocycles. The van der Waals surface area contributed by atoms with E-state index in [0.717, 1.165) is 18.3 Å². The lowest BCUT2D eigenvalue weighted by molar-refractivity contribution is -0.168. The third-order valence-corrected chi connectivity index (χ3v) is 8.94. The van der Waals surface area contributed by atoms with Crippen LogP contribution in [0.1, 0.15) is 72.1 Å². The first-order valence-electron chi connectivity index (χ1n) is 9.59. The van der Waals surface area contributed by atoms with Gasteiger partial charge in [-0.15, -0.1) is 0 Å². The van der Waals surface area contributed by atoms with Gasteiger partial charge in [0, 0.05) is 5.92 Å². The Morgan fingerprint density at radius 2 is 1.82 bits per heavy atom. The number of aliphatic hydroxyl groups excluding tert-OH is 1. The SMILES string of the molecule is CC1C(=O)C(O)CC2CC[C@@H]3[C@@H](CC[C@]4(C)CCC[C@@H]34)[C@]21C. The van der Waals surface area contributed by atoms with Crippen molar-refractivity contribution in [1.82, 2.24) is 0 Å². The van der Waals surface area contributed by atoms with Crippen LogP contribution in [-0.4, -0.2) is 17.0 Å². The number of Topliss-reactive ketones (excluding diaryl/α,β-unsaturated/α-hetero) is 1. The maximum Gasteiger partial charge on any atom is 0.164 e. The highest BCUT2D eigenvalue weighted by Crippen LogP contribution is 2.66. The van der Waals surface area contributed by atoms with E-state index in [1.54, 1.807) is 0 Å². The van der Waals surface area contributed by atoms with E-state index in [1.165, 1.54) is 44.9 Å². The lowest BCUT2D eigenvalue weighted by Gasteiger charge is -2.62. The van der Waals surface area contributed by atoms with Crippen molar-refractivity contribution in [2.45, 2.75) is 78.2 Å². The first-order valence-corrected chi connectivity index (χ1v) is 9.59. The van der Waals surface area contributed by atoms with Crippen LogP contribution in [0.5, 0.6) is 0 Å². The summed E-state index contributed by atoms with van der Waals surface area (Å²) in [7, 11) is 0. The second kappa shape index (κ2) is 4.82. The predicted octanol–water partition coefficient (Wildman–Crippen LogP) is 4.21. The number of fused-ring (bicyclic) bond motifs is 5. The Hall–Kier alpha value is -0.370. The number of aliphatic hydroxyl groups is 1. The van der Waals surface area contributed by atoms with Gasteiger partial charge in [-0.3, -0.25) is 4.79 Å². The minimum Gasteiger partial charge on any atom is -0.385 e. The molecule has 3 unspecified atom stereocenters. The van der Waals surface area contributed by atoms with Gasteiger partial charge in [-0.1, -0.05) is 27.2 Å². The van der Waals surface area contributed by atoms with Gasteiger partial charge < -0.3 is 5.11 Å². The van der Waals surface area contributed by atoms with Crippen molar-refractivity contribution in [2.24, 2.45) is 40.4 Å². The molecule has 1 N–H and O–H groups in total. The second-order valence-electron chi connectivity index (χ2n) is 9.48. The Kier molecular flexibility index (Phi) is 3.32. The standard InChI is InChI=1S/C20H32O2/c1-12-18(22)17(21)11-13-6-7-14-15-5-4-9-19(15,2)10-8-16(14)20(12,13)3/h12-17,21H,4-11H2,1-3H3/t12?,13?,14-,15-,16+,17?,19-,20-/m0/s1. The second-order valence-corrected chi connectivity index (χ2v) is 9.48. The zero-order chi connectivity index (χ0) is 15.7. The Labute approximate surface area is 135 Å². The fraction of sp³-hybridized carbons (Fsp3) is 0.950. The number of hydrogen-bond acceptors (Lipinski definition) is 2. The summed E-state index contributed by atoms with van der Waals surface area (Å²) in [4.78, 5) is 12.5. The van der Waals surface area contributed by atoms with Crippen molar-refractivity contribution in [2.75, 3.05) is 0 Å². The fourth-order valence-electron chi connectivity index (χ4n) is 7.49. The van der Waals surface area contributed by atoms with Crippen molar-refractivity contribution < 1.29 is 9.90 Å². The van der Waals surface area contributed by atoms with E-state index in [1.807, 2.05) is 0 Å². The van der Waals surface area contributed by atoms with Crippen molar-refractivity contribution in [3.63, 3.8) is 0 Å². The van der Waals surface area contributed by atoms with Crippen molar-refractivity contribution in [1.29, 1.82) is 0 Å². The molecule has 0 spiro atoms. The van der Waals surface area contributed by atoms with Crippen LogP contribution in [0.25, 0.3) is 0 Å². The molecule has 0 bridgehead atoms. The topological polar surface area (TPSA) is 37.3 Å². The summed E-state index contributed by atoms with van der Waals surface area (Å²) in [5.74, 6) is 3.18. The fourth-order valence-corrected chi connectivity index (χ4v) is 7.49. The van der Waals surface area contributed by atoms with Crippen LogP contribution in [0.15, 0.2) is 0 Å². The summed E-state index contributed by atoms with van der Waals surface area (Å²) in [6, 6.07) is 0. The van der Waals surface area contributed by atoms with Gasteiger partial charge in [-0.05, 0) is 79.4 Å². The molecule has 0 saturated heterocycles. The Balaban J connectivity index is 1.69. The number of carbonyl (C=O) groups excluding carboxylic acids is 1. The van der Waals surface area contributed by atoms with Gasteiger partial charge in [0.15, 0.2) is 5.78 Å². The molecule has 0 amide bonds. The molecule has 4 fully saturated rings. The summed E-state index contributed by atoms with van der Waals surface area (Å²) in [6.45, 7) is 7.05. The molecule has 4 aliphatic carbocycles. The molecule has 2 nitrogen and oxygen atoms in total. The molecular weight excluding hydrogens is 272 g/mol. The highest BCUT2D eigenvalue weighted by Gasteiger charge is 2.61. The van der Waals surface area contributed by atoms with Gasteiger partial charge in [0.25, 0.3) is 0 Å². The zero-order valence-electron chi connectivity index (χ0n) is 14.5. The van der Waals surface area contributed by atoms with E-state index >= 15 is 0 Å². The largest absolute Gasteiger partial charge is 0.385 e. The minimum absolute atomic E-state index is 0.0415. The van der Waals surface area contributed by atoms with E-state index < -0.39 is 6.10 Å². The van der Waals surface area contributed by atoms with E-state index in [-0.39, 0.29) is 17.1 Å². The molecule has 22 heavy (non-hydrogen) atoms. The molecule has 0 aromatic heterocycles. The van der Waals surface area contributed by atoms with Crippen LogP contribution >= 0.6 is 0 Å². The Morgan fingerprint density at radius 3 is 2.59 bits per heavy atom. The number of ketones is 1. The van der Waals surface area contributed by atoms with Crippen molar-refractivity contribution >= 4 is 5.78 Å². The first kappa shape index (κ1) is 15.2. The molecule has 0 heterocycles. The van der Waals surface area contributed by atoms with Crippen LogP contribution in [0.4, 0.5) is 0 Å². The van der Waals surface area contributed by atoms with Gasteiger partial charge in [0.05, 0.1) is 0 Å². The van der Waals surface area contributed by atoms with Crippen LogP contribution < -0.4 is 0 Å². The van der Waals surface area contributed by atoms with Gasteiger partial charge >= 0.3 is 0 Å². The molecule has 2 heteroatoms. The number of carbonyl (C=O) groups is 1. The highest BCUT2D eigenvalue weighted by molar-refractivity contribution is 5.86. The van der Waals surface area contributed by atoms with Crippen molar-refractivity contribution in [3.05, 3.63) is 0 Å². The van der Waals surface area contributed by atoms with Crippen LogP contribution in [0.2, 0.25) is 0 Å². The van der Waals surface area contributed by atoms with E-state index in [2.05, 4.69) is 20.8 Å². The maximum absolute atomic E-state index is 12.5. The van der Waals surface area contributed by atoms with E-state index in [4.69, 9.17) is 0 Å². The minimum atomic E-state index is -0.690. The third kappa shape index (κ3) is 1.79. The molecule has 0 aromatic rings. The lowest BCUT2D eigenvalue weighted by Crippen LogP contribution is -2.59. The van der Waals surface area contributed by atoms with Gasteiger partial charge in [-0.2, -0.15) is 0 Å². The maximum atomic E-state index is 12.5. The van der Waals surface area contributed by atoms with Gasteiger partial charge in [-0.25, -0.2) is 0 Å². The molecule has 4 rings (SSSR count). The molecule has 8 atom stereocenters. The molecule has 124 valence electrons. The molecule has 0 aromatic carbocycles. The average Bonchev–Trinajstić information content (AvgIpc) is 2.89. The lowest BCUT2D eigenvalue weighted by atomic mass is 9.43. The van der Waals surface area contributed by atoms with Gasteiger partial charge in [0.1, 0.15) is 6.10 Å². The molecule has 0 radical (unpaired) electrons. The number of rotatable bonds is 0. The summed E-state index contributed by atoms with van der Waals surface area (Å²) < 4.78 is 0. The monoisotopic (exact) mass is 304 g/mol. The van der Waals surface area contributed by atoms with E-state index in [0.29, 0.717) is 17.3 Å². The summed E-state index contributed by atoms with van der Waals surface area (Å²) in [5, 5.41) is 10.1. The molecule has 4 aliphatic rings. The zero-order valence-corrected chi connectivity index (χ0v) is 14.5. The summed E-state index contributed by atoms with van der Waals surface area (Å²) in [5.41, 5.74) is 0.731. The Morgan fingerprint density at radius 1 is 1.05 bits per heavy atom. The van der Waals surface area contributed by atoms with Crippen LogP contribution in [0.3, 0.4) is 0 Å². The third-order valence-electron chi connectivity index (χ3n) is 8.94. The van der Waals surface area contributed by atoms with Crippen LogP contribution in [0, 0.1) is 40.4 Å². The smallest absolute Gasteiger partial charge is 0.164 e. The van der Waals surface area contributed by atoms with Crippen molar-refractivity contribution in [3.8, 4) is 0 Å².